The number of aryl methyl sites for hydroxylation is 1. The van der Waals surface area contributed by atoms with Crippen molar-refractivity contribution >= 4 is 0 Å². The first-order chi connectivity index (χ1) is 15.5. The van der Waals surface area contributed by atoms with Crippen molar-refractivity contribution in [1.29, 1.82) is 0 Å². The number of ether oxygens (including phenoxy) is 4. The van der Waals surface area contributed by atoms with Gasteiger partial charge in [-0.3, -0.25) is 4.90 Å². The average Bonchev–Trinajstić information content (AvgIpc) is 3.30. The quantitative estimate of drug-likeness (QED) is 0.454. The van der Waals surface area contributed by atoms with Crippen LogP contribution in [0.1, 0.15) is 16.9 Å². The van der Waals surface area contributed by atoms with Crippen LogP contribution in [0.5, 0.6) is 23.0 Å². The highest BCUT2D eigenvalue weighted by atomic mass is 16.5. The Morgan fingerprint density at radius 2 is 1.69 bits per heavy atom. The molecule has 1 atom stereocenters. The second-order valence-electron chi connectivity index (χ2n) is 7.56. The lowest BCUT2D eigenvalue weighted by Crippen LogP contribution is -2.35. The van der Waals surface area contributed by atoms with E-state index in [1.54, 1.807) is 27.6 Å². The summed E-state index contributed by atoms with van der Waals surface area (Å²) in [4.78, 5) is 2.09. The summed E-state index contributed by atoms with van der Waals surface area (Å²) in [5.41, 5.74) is 2.07. The van der Waals surface area contributed by atoms with Crippen LogP contribution in [-0.2, 0) is 13.1 Å². The summed E-state index contributed by atoms with van der Waals surface area (Å²) in [6.07, 6.45) is 0.956. The molecule has 0 aliphatic rings. The molecule has 172 valence electrons. The molecule has 0 aliphatic heterocycles. The molecule has 7 heteroatoms. The lowest BCUT2D eigenvalue weighted by molar-refractivity contribution is 0.0604. The zero-order chi connectivity index (χ0) is 22.9. The SMILES string of the molecule is COc1cc(CN(Cc2ccco2)CC(O)COc2cccc(C)c2)cc(OC)c1OC. The Morgan fingerprint density at radius 3 is 2.28 bits per heavy atom. The molecule has 7 nitrogen and oxygen atoms in total. The normalized spacial score (nSPS) is 11.9. The number of aliphatic hydroxyl groups excluding tert-OH is 1. The van der Waals surface area contributed by atoms with E-state index in [9.17, 15) is 5.11 Å². The van der Waals surface area contributed by atoms with E-state index in [1.807, 2.05) is 55.5 Å². The summed E-state index contributed by atoms with van der Waals surface area (Å²) in [7, 11) is 4.76. The molecule has 0 bridgehead atoms. The highest BCUT2D eigenvalue weighted by Crippen LogP contribution is 2.38. The van der Waals surface area contributed by atoms with E-state index in [2.05, 4.69) is 4.90 Å². The van der Waals surface area contributed by atoms with Gasteiger partial charge in [0, 0.05) is 13.1 Å². The molecule has 1 unspecified atom stereocenters. The number of aliphatic hydroxyl groups is 1. The Morgan fingerprint density at radius 1 is 0.938 bits per heavy atom. The summed E-state index contributed by atoms with van der Waals surface area (Å²) in [6.45, 7) is 3.66. The molecule has 1 heterocycles. The molecule has 1 N–H and O–H groups in total. The van der Waals surface area contributed by atoms with Gasteiger partial charge in [0.15, 0.2) is 11.5 Å². The van der Waals surface area contributed by atoms with Crippen molar-refractivity contribution in [1.82, 2.24) is 4.90 Å². The Bertz CT molecular complexity index is 947. The van der Waals surface area contributed by atoms with E-state index in [0.717, 1.165) is 22.6 Å². The van der Waals surface area contributed by atoms with Crippen LogP contribution in [0.3, 0.4) is 0 Å². The predicted octanol–water partition coefficient (Wildman–Crippen LogP) is 4.06. The molecular weight excluding hydrogens is 410 g/mol. The number of rotatable bonds is 12. The largest absolute Gasteiger partial charge is 0.493 e. The maximum Gasteiger partial charge on any atom is 0.203 e. The van der Waals surface area contributed by atoms with Gasteiger partial charge in [-0.25, -0.2) is 0 Å². The predicted molar refractivity (Wildman–Crippen MR) is 122 cm³/mol. The van der Waals surface area contributed by atoms with Gasteiger partial charge in [0.1, 0.15) is 24.2 Å². The third-order valence-electron chi connectivity index (χ3n) is 4.99. The highest BCUT2D eigenvalue weighted by molar-refractivity contribution is 5.53. The van der Waals surface area contributed by atoms with Crippen molar-refractivity contribution in [2.45, 2.75) is 26.1 Å². The fourth-order valence-electron chi connectivity index (χ4n) is 3.54. The molecule has 0 saturated carbocycles. The molecule has 3 rings (SSSR count). The molecule has 0 amide bonds. The van der Waals surface area contributed by atoms with E-state index >= 15 is 0 Å². The number of hydrogen-bond acceptors (Lipinski definition) is 7. The third-order valence-corrected chi connectivity index (χ3v) is 4.99. The Balaban J connectivity index is 1.72. The lowest BCUT2D eigenvalue weighted by Gasteiger charge is -2.25. The maximum absolute atomic E-state index is 10.7. The lowest BCUT2D eigenvalue weighted by atomic mass is 10.1. The second kappa shape index (κ2) is 11.5. The third kappa shape index (κ3) is 6.42. The minimum atomic E-state index is -0.687. The van der Waals surface area contributed by atoms with Crippen LogP contribution in [-0.4, -0.2) is 50.6 Å². The van der Waals surface area contributed by atoms with Crippen LogP contribution < -0.4 is 18.9 Å². The second-order valence-corrected chi connectivity index (χ2v) is 7.56. The van der Waals surface area contributed by atoms with Crippen LogP contribution >= 0.6 is 0 Å². The molecule has 3 aromatic rings. The Hall–Kier alpha value is -3.16. The molecular formula is C25H31NO6. The van der Waals surface area contributed by atoms with Crippen molar-refractivity contribution in [2.24, 2.45) is 0 Å². The van der Waals surface area contributed by atoms with Crippen molar-refractivity contribution in [3.05, 3.63) is 71.7 Å². The molecule has 0 fully saturated rings. The van der Waals surface area contributed by atoms with Gasteiger partial charge in [-0.15, -0.1) is 0 Å². The fraction of sp³-hybridized carbons (Fsp3) is 0.360. The van der Waals surface area contributed by atoms with E-state index in [1.165, 1.54) is 0 Å². The number of hydrogen-bond donors (Lipinski definition) is 1. The molecule has 32 heavy (non-hydrogen) atoms. The maximum atomic E-state index is 10.7. The zero-order valence-corrected chi connectivity index (χ0v) is 19.0. The van der Waals surface area contributed by atoms with Crippen LogP contribution in [0.15, 0.2) is 59.2 Å². The molecule has 0 aliphatic carbocycles. The summed E-state index contributed by atoms with van der Waals surface area (Å²) in [5.74, 6) is 3.27. The van der Waals surface area contributed by atoms with E-state index in [0.29, 0.717) is 36.9 Å². The van der Waals surface area contributed by atoms with Gasteiger partial charge in [-0.1, -0.05) is 12.1 Å². The van der Waals surface area contributed by atoms with E-state index < -0.39 is 6.10 Å². The topological polar surface area (TPSA) is 73.5 Å². The van der Waals surface area contributed by atoms with Gasteiger partial charge in [0.25, 0.3) is 0 Å². The minimum absolute atomic E-state index is 0.188. The van der Waals surface area contributed by atoms with E-state index in [4.69, 9.17) is 23.4 Å². The first-order valence-corrected chi connectivity index (χ1v) is 10.4. The smallest absolute Gasteiger partial charge is 0.203 e. The Labute approximate surface area is 189 Å². The Kier molecular flexibility index (Phi) is 8.41. The van der Waals surface area contributed by atoms with Gasteiger partial charge >= 0.3 is 0 Å². The van der Waals surface area contributed by atoms with Crippen molar-refractivity contribution in [3.8, 4) is 23.0 Å². The minimum Gasteiger partial charge on any atom is -0.493 e. The summed E-state index contributed by atoms with van der Waals surface area (Å²) < 4.78 is 27.7. The van der Waals surface area contributed by atoms with Gasteiger partial charge in [0.05, 0.1) is 34.1 Å². The number of benzene rings is 2. The molecule has 0 saturated heterocycles. The van der Waals surface area contributed by atoms with Gasteiger partial charge in [-0.2, -0.15) is 0 Å². The van der Waals surface area contributed by atoms with Crippen molar-refractivity contribution < 1.29 is 28.5 Å². The molecule has 0 radical (unpaired) electrons. The fourth-order valence-corrected chi connectivity index (χ4v) is 3.54. The number of nitrogens with zero attached hydrogens (tertiary/aromatic N) is 1. The summed E-state index contributed by atoms with van der Waals surface area (Å²) >= 11 is 0. The van der Waals surface area contributed by atoms with Crippen LogP contribution in [0.4, 0.5) is 0 Å². The van der Waals surface area contributed by atoms with Gasteiger partial charge in [-0.05, 0) is 54.4 Å². The summed E-state index contributed by atoms with van der Waals surface area (Å²) in [6, 6.07) is 15.4. The number of furan rings is 1. The van der Waals surface area contributed by atoms with Gasteiger partial charge in [0.2, 0.25) is 5.75 Å². The monoisotopic (exact) mass is 441 g/mol. The van der Waals surface area contributed by atoms with E-state index in [-0.39, 0.29) is 6.61 Å². The first-order valence-electron chi connectivity index (χ1n) is 10.4. The molecule has 2 aromatic carbocycles. The molecule has 0 spiro atoms. The summed E-state index contributed by atoms with van der Waals surface area (Å²) in [5, 5.41) is 10.7. The van der Waals surface area contributed by atoms with Crippen LogP contribution in [0.25, 0.3) is 0 Å². The van der Waals surface area contributed by atoms with Crippen molar-refractivity contribution in [2.75, 3.05) is 34.5 Å². The standard InChI is InChI=1S/C25H31NO6/c1-18-7-5-8-21(11-18)32-17-20(27)15-26(16-22-9-6-10-31-22)14-19-12-23(28-2)25(30-4)24(13-19)29-3/h5-13,20,27H,14-17H2,1-4H3. The number of methoxy groups -OCH3 is 3. The first kappa shape index (κ1) is 23.5. The van der Waals surface area contributed by atoms with Crippen molar-refractivity contribution in [3.63, 3.8) is 0 Å². The highest BCUT2D eigenvalue weighted by Gasteiger charge is 2.18. The zero-order valence-electron chi connectivity index (χ0n) is 19.0. The van der Waals surface area contributed by atoms with Crippen LogP contribution in [0.2, 0.25) is 0 Å². The van der Waals surface area contributed by atoms with Crippen LogP contribution in [0, 0.1) is 6.92 Å². The average molecular weight is 442 g/mol. The molecule has 1 aromatic heterocycles. The van der Waals surface area contributed by atoms with Gasteiger partial charge < -0.3 is 28.5 Å².